The second-order valence-corrected chi connectivity index (χ2v) is 21.5. The van der Waals surface area contributed by atoms with Crippen molar-refractivity contribution in [2.45, 2.75) is 175 Å². The Morgan fingerprint density at radius 3 is 1.32 bits per heavy atom. The lowest BCUT2D eigenvalue weighted by Crippen LogP contribution is -2.60. The lowest BCUT2D eigenvalue weighted by Gasteiger charge is -2.48. The molecule has 0 aromatic heterocycles. The Labute approximate surface area is 341 Å². The molecule has 0 aromatic rings. The number of methoxy groups -OCH3 is 1. The standard InChI is InChI=1S/C43H74N2O12/c1-27(46)15-30(33(48)56-28-17-39(6,7)44-40(8,9)18-28)31(34(49)57-29-19-41(10,11)45-42(12,13)20-29)16-32(47)51-22-38(4,5)36-54-25-43(26-55-36)23-52-35(53-24-43)37(2,3)21-50-14/h28-31,35-36,44-45H,15-26H2,1-14H3. The molecule has 14 nitrogen and oxygen atoms in total. The molecular weight excluding hydrogens is 736 g/mol. The topological polar surface area (TPSA) is 166 Å². The summed E-state index contributed by atoms with van der Waals surface area (Å²) in [5.74, 6) is -5.02. The van der Waals surface area contributed by atoms with E-state index in [1.165, 1.54) is 6.92 Å². The normalized spacial score (nSPS) is 28.9. The molecule has 4 aliphatic heterocycles. The van der Waals surface area contributed by atoms with Crippen molar-refractivity contribution in [2.75, 3.05) is 46.8 Å². The highest BCUT2D eigenvalue weighted by Crippen LogP contribution is 2.40. The number of carbonyl (C=O) groups is 4. The summed E-state index contributed by atoms with van der Waals surface area (Å²) in [7, 11) is 1.65. The molecule has 0 amide bonds. The van der Waals surface area contributed by atoms with E-state index >= 15 is 0 Å². The van der Waals surface area contributed by atoms with Gasteiger partial charge in [0.05, 0.1) is 56.7 Å². The highest BCUT2D eigenvalue weighted by molar-refractivity contribution is 5.89. The van der Waals surface area contributed by atoms with E-state index in [2.05, 4.69) is 10.6 Å². The van der Waals surface area contributed by atoms with E-state index in [0.29, 0.717) is 58.7 Å². The number of nitrogens with one attached hydrogen (secondary N) is 2. The van der Waals surface area contributed by atoms with Gasteiger partial charge in [0.2, 0.25) is 0 Å². The molecule has 4 fully saturated rings. The molecule has 328 valence electrons. The molecule has 4 saturated heterocycles. The third-order valence-electron chi connectivity index (χ3n) is 11.4. The van der Waals surface area contributed by atoms with Crippen LogP contribution in [0.4, 0.5) is 0 Å². The zero-order valence-corrected chi connectivity index (χ0v) is 37.3. The van der Waals surface area contributed by atoms with Crippen molar-refractivity contribution in [3.05, 3.63) is 0 Å². The molecule has 0 radical (unpaired) electrons. The van der Waals surface area contributed by atoms with E-state index in [4.69, 9.17) is 37.9 Å². The van der Waals surface area contributed by atoms with E-state index < -0.39 is 71.8 Å². The van der Waals surface area contributed by atoms with Gasteiger partial charge in [-0.3, -0.25) is 14.4 Å². The molecule has 2 unspecified atom stereocenters. The minimum Gasteiger partial charge on any atom is -0.465 e. The molecule has 4 rings (SSSR count). The van der Waals surface area contributed by atoms with Crippen molar-refractivity contribution in [2.24, 2.45) is 28.1 Å². The van der Waals surface area contributed by atoms with E-state index in [0.717, 1.165) is 0 Å². The Bertz CT molecular complexity index is 1390. The summed E-state index contributed by atoms with van der Waals surface area (Å²) in [5, 5.41) is 7.16. The predicted octanol–water partition coefficient (Wildman–Crippen LogP) is 5.27. The smallest absolute Gasteiger partial charge is 0.310 e. The van der Waals surface area contributed by atoms with Crippen LogP contribution in [-0.4, -0.2) is 117 Å². The second-order valence-electron chi connectivity index (χ2n) is 21.5. The van der Waals surface area contributed by atoms with Crippen molar-refractivity contribution < 1.29 is 57.1 Å². The average molecular weight is 811 g/mol. The quantitative estimate of drug-likeness (QED) is 0.162. The van der Waals surface area contributed by atoms with Gasteiger partial charge in [0, 0.05) is 72.2 Å². The van der Waals surface area contributed by atoms with Gasteiger partial charge in [-0.25, -0.2) is 0 Å². The molecule has 57 heavy (non-hydrogen) atoms. The number of Topliss-reactive ketones (excluding diaryl/α,β-unsaturated/α-hetero) is 1. The Morgan fingerprint density at radius 1 is 0.614 bits per heavy atom. The fourth-order valence-electron chi connectivity index (χ4n) is 9.49. The van der Waals surface area contributed by atoms with Crippen molar-refractivity contribution in [3.63, 3.8) is 0 Å². The predicted molar refractivity (Wildman–Crippen MR) is 212 cm³/mol. The lowest BCUT2D eigenvalue weighted by molar-refractivity contribution is -0.337. The van der Waals surface area contributed by atoms with Crippen LogP contribution in [0.3, 0.4) is 0 Å². The zero-order valence-electron chi connectivity index (χ0n) is 37.3. The van der Waals surface area contributed by atoms with Gasteiger partial charge in [0.1, 0.15) is 24.6 Å². The highest BCUT2D eigenvalue weighted by atomic mass is 16.7. The minimum atomic E-state index is -1.31. The number of ether oxygens (including phenoxy) is 8. The first-order valence-electron chi connectivity index (χ1n) is 20.7. The SMILES string of the molecule is COCC(C)(C)C1OCC2(CO1)COC(C(C)(C)COC(=O)CC(C(=O)OC1CC(C)(C)NC(C)(C)C1)C(CC(C)=O)C(=O)OC1CC(C)(C)NC(C)(C)C1)OC2. The molecule has 2 N–H and O–H groups in total. The molecule has 0 aliphatic carbocycles. The molecule has 2 atom stereocenters. The van der Waals surface area contributed by atoms with Crippen LogP contribution in [0.25, 0.3) is 0 Å². The molecule has 14 heteroatoms. The third-order valence-corrected chi connectivity index (χ3v) is 11.4. The Kier molecular flexibility index (Phi) is 14.8. The first kappa shape index (κ1) is 47.5. The first-order valence-corrected chi connectivity index (χ1v) is 20.7. The van der Waals surface area contributed by atoms with Crippen LogP contribution in [0.5, 0.6) is 0 Å². The molecule has 4 heterocycles. The Balaban J connectivity index is 1.46. The molecular formula is C43H74N2O12. The minimum absolute atomic E-state index is 0.0940. The molecule has 0 bridgehead atoms. The third kappa shape index (κ3) is 13.4. The van der Waals surface area contributed by atoms with Crippen LogP contribution >= 0.6 is 0 Å². The van der Waals surface area contributed by atoms with Gasteiger partial charge in [-0.15, -0.1) is 0 Å². The van der Waals surface area contributed by atoms with Crippen molar-refractivity contribution >= 4 is 23.7 Å². The summed E-state index contributed by atoms with van der Waals surface area (Å²) in [5.41, 5.74) is -2.89. The second kappa shape index (κ2) is 17.8. The van der Waals surface area contributed by atoms with Crippen molar-refractivity contribution in [1.82, 2.24) is 10.6 Å². The van der Waals surface area contributed by atoms with Crippen LogP contribution in [0.15, 0.2) is 0 Å². The van der Waals surface area contributed by atoms with Gasteiger partial charge in [0.15, 0.2) is 12.6 Å². The van der Waals surface area contributed by atoms with Gasteiger partial charge in [-0.2, -0.15) is 0 Å². The maximum Gasteiger partial charge on any atom is 0.310 e. The summed E-state index contributed by atoms with van der Waals surface area (Å²) in [6.07, 6.45) is -0.687. The van der Waals surface area contributed by atoms with E-state index in [-0.39, 0.29) is 46.4 Å². The largest absolute Gasteiger partial charge is 0.465 e. The van der Waals surface area contributed by atoms with Gasteiger partial charge in [-0.05, 0) is 62.3 Å². The van der Waals surface area contributed by atoms with Gasteiger partial charge in [-0.1, -0.05) is 27.7 Å². The number of esters is 3. The Hall–Kier alpha value is -2.20. The average Bonchev–Trinajstić information content (AvgIpc) is 3.02. The molecule has 0 aromatic carbocycles. The van der Waals surface area contributed by atoms with Gasteiger partial charge in [0.25, 0.3) is 0 Å². The fourth-order valence-corrected chi connectivity index (χ4v) is 9.49. The number of hydrogen-bond acceptors (Lipinski definition) is 14. The van der Waals surface area contributed by atoms with E-state index in [9.17, 15) is 19.2 Å². The van der Waals surface area contributed by atoms with Crippen LogP contribution in [0.2, 0.25) is 0 Å². The summed E-state index contributed by atoms with van der Waals surface area (Å²) in [6, 6.07) is 0. The number of hydrogen-bond donors (Lipinski definition) is 2. The number of carbonyl (C=O) groups excluding carboxylic acids is 4. The van der Waals surface area contributed by atoms with Crippen LogP contribution in [-0.2, 0) is 57.1 Å². The summed E-state index contributed by atoms with van der Waals surface area (Å²) >= 11 is 0. The van der Waals surface area contributed by atoms with Crippen LogP contribution in [0.1, 0.15) is 129 Å². The van der Waals surface area contributed by atoms with E-state index in [1.54, 1.807) is 7.11 Å². The first-order chi connectivity index (χ1) is 26.1. The molecule has 4 aliphatic rings. The fraction of sp³-hybridized carbons (Fsp3) is 0.907. The number of piperidine rings is 2. The zero-order chi connectivity index (χ0) is 42.8. The van der Waals surface area contributed by atoms with Crippen LogP contribution in [0, 0.1) is 28.1 Å². The number of ketones is 1. The maximum atomic E-state index is 14.3. The summed E-state index contributed by atoms with van der Waals surface area (Å²) < 4.78 is 48.0. The maximum absolute atomic E-state index is 14.3. The Morgan fingerprint density at radius 2 is 0.965 bits per heavy atom. The van der Waals surface area contributed by atoms with E-state index in [1.807, 2.05) is 83.1 Å². The molecule has 1 spiro atoms. The van der Waals surface area contributed by atoms with Gasteiger partial charge < -0.3 is 53.3 Å². The highest BCUT2D eigenvalue weighted by Gasteiger charge is 2.49. The van der Waals surface area contributed by atoms with Gasteiger partial charge >= 0.3 is 17.9 Å². The molecule has 0 saturated carbocycles. The monoisotopic (exact) mass is 811 g/mol. The summed E-state index contributed by atoms with van der Waals surface area (Å²) in [4.78, 5) is 54.8. The van der Waals surface area contributed by atoms with Crippen molar-refractivity contribution in [1.29, 1.82) is 0 Å². The summed E-state index contributed by atoms with van der Waals surface area (Å²) in [6.45, 7) is 27.3. The lowest BCUT2D eigenvalue weighted by atomic mass is 9.80. The number of rotatable bonds is 15. The van der Waals surface area contributed by atoms with Crippen molar-refractivity contribution in [3.8, 4) is 0 Å². The van der Waals surface area contributed by atoms with Crippen LogP contribution < -0.4 is 10.6 Å².